The van der Waals surface area contributed by atoms with Gasteiger partial charge < -0.3 is 9.47 Å². The van der Waals surface area contributed by atoms with Gasteiger partial charge in [0.05, 0.1) is 6.54 Å². The van der Waals surface area contributed by atoms with Gasteiger partial charge in [-0.15, -0.1) is 0 Å². The number of ether oxygens (including phenoxy) is 2. The van der Waals surface area contributed by atoms with Crippen LogP contribution in [0.25, 0.3) is 0 Å². The van der Waals surface area contributed by atoms with Crippen LogP contribution in [0, 0.1) is 0 Å². The topological polar surface area (TPSA) is 53.4 Å². The zero-order chi connectivity index (χ0) is 18.9. The molecule has 0 spiro atoms. The molecule has 0 bridgehead atoms. The van der Waals surface area contributed by atoms with E-state index in [9.17, 15) is 4.79 Å². The second kappa shape index (κ2) is 7.14. The minimum Gasteiger partial charge on any atom is -0.490 e. The molecule has 0 saturated heterocycles. The van der Waals surface area contributed by atoms with E-state index < -0.39 is 0 Å². The summed E-state index contributed by atoms with van der Waals surface area (Å²) in [4.78, 5) is 16.1. The van der Waals surface area contributed by atoms with Crippen LogP contribution in [0.4, 0.5) is 0 Å². The molecule has 1 aliphatic rings. The Labute approximate surface area is 155 Å². The van der Waals surface area contributed by atoms with E-state index in [1.807, 2.05) is 36.7 Å². The molecule has 0 amide bonds. The third-order valence-corrected chi connectivity index (χ3v) is 5.23. The summed E-state index contributed by atoms with van der Waals surface area (Å²) in [7, 11) is 0. The number of fused-ring (bicyclic) bond motifs is 1. The van der Waals surface area contributed by atoms with Crippen LogP contribution >= 0.6 is 0 Å². The molecular formula is C21H28N2O3. The van der Waals surface area contributed by atoms with E-state index in [-0.39, 0.29) is 23.0 Å². The number of aromatic nitrogens is 2. The van der Waals surface area contributed by atoms with Crippen LogP contribution in [0.5, 0.6) is 11.8 Å². The molecule has 5 nitrogen and oxygen atoms in total. The quantitative estimate of drug-likeness (QED) is 0.788. The van der Waals surface area contributed by atoms with Gasteiger partial charge in [-0.1, -0.05) is 46.8 Å². The van der Waals surface area contributed by atoms with Crippen molar-refractivity contribution in [3.05, 3.63) is 51.9 Å². The molecule has 26 heavy (non-hydrogen) atoms. The monoisotopic (exact) mass is 356 g/mol. The highest BCUT2D eigenvalue weighted by atomic mass is 16.6. The predicted molar refractivity (Wildman–Crippen MR) is 102 cm³/mol. The summed E-state index contributed by atoms with van der Waals surface area (Å²) in [6.45, 7) is 11.7. The molecule has 0 aliphatic carbocycles. The summed E-state index contributed by atoms with van der Waals surface area (Å²) in [5.74, 6) is 0.972. The van der Waals surface area contributed by atoms with Gasteiger partial charge in [-0.25, -0.2) is 0 Å². The largest absolute Gasteiger partial charge is 0.490 e. The average Bonchev–Trinajstić information content (AvgIpc) is 3.01. The fourth-order valence-electron chi connectivity index (χ4n) is 3.00. The van der Waals surface area contributed by atoms with Crippen LogP contribution in [-0.4, -0.2) is 22.3 Å². The number of nitrogens with zero attached hydrogens (tertiary/aromatic N) is 2. The zero-order valence-electron chi connectivity index (χ0n) is 16.3. The van der Waals surface area contributed by atoms with E-state index >= 15 is 0 Å². The highest BCUT2D eigenvalue weighted by Gasteiger charge is 2.25. The summed E-state index contributed by atoms with van der Waals surface area (Å²) in [6.07, 6.45) is 2.80. The predicted octanol–water partition coefficient (Wildman–Crippen LogP) is 3.89. The second-order valence-corrected chi connectivity index (χ2v) is 7.90. The van der Waals surface area contributed by atoms with E-state index in [1.165, 1.54) is 5.56 Å². The Bertz CT molecular complexity index is 822. The molecule has 3 rings (SSSR count). The van der Waals surface area contributed by atoms with Gasteiger partial charge in [0.15, 0.2) is 6.10 Å². The van der Waals surface area contributed by atoms with Crippen molar-refractivity contribution < 1.29 is 9.47 Å². The standard InChI is InChI=1S/C21H28N2O3/c1-6-21(4,5)15-7-9-16(10-8-15)25-13-17-11-23-12-18(14(2)3)19(24)22-20(23)26-17/h7-10,12,14,17H,6,11,13H2,1-5H3. The molecule has 0 saturated carbocycles. The van der Waals surface area contributed by atoms with Gasteiger partial charge in [-0.3, -0.25) is 9.36 Å². The third kappa shape index (κ3) is 3.76. The Morgan fingerprint density at radius 3 is 2.62 bits per heavy atom. The summed E-state index contributed by atoms with van der Waals surface area (Å²) in [6, 6.07) is 8.64. The normalized spacial score (nSPS) is 16.5. The number of hydrogen-bond acceptors (Lipinski definition) is 4. The lowest BCUT2D eigenvalue weighted by Crippen LogP contribution is -2.23. The molecule has 1 aromatic heterocycles. The maximum absolute atomic E-state index is 12.0. The van der Waals surface area contributed by atoms with Crippen LogP contribution in [0.15, 0.2) is 35.3 Å². The van der Waals surface area contributed by atoms with Crippen LogP contribution in [0.2, 0.25) is 0 Å². The molecule has 1 aromatic carbocycles. The van der Waals surface area contributed by atoms with Gasteiger partial charge in [0.2, 0.25) is 0 Å². The molecule has 2 heterocycles. The number of hydrogen-bond donors (Lipinski definition) is 0. The summed E-state index contributed by atoms with van der Waals surface area (Å²) >= 11 is 0. The first-order valence-corrected chi connectivity index (χ1v) is 9.31. The Hall–Kier alpha value is -2.30. The maximum Gasteiger partial charge on any atom is 0.300 e. The van der Waals surface area contributed by atoms with Gasteiger partial charge >= 0.3 is 0 Å². The van der Waals surface area contributed by atoms with E-state index in [2.05, 4.69) is 37.9 Å². The minimum absolute atomic E-state index is 0.143. The second-order valence-electron chi connectivity index (χ2n) is 7.90. The molecule has 140 valence electrons. The Balaban J connectivity index is 1.62. The summed E-state index contributed by atoms with van der Waals surface area (Å²) in [5.41, 5.74) is 1.98. The van der Waals surface area contributed by atoms with Gasteiger partial charge in [0.25, 0.3) is 11.6 Å². The molecule has 1 atom stereocenters. The number of rotatable bonds is 6. The van der Waals surface area contributed by atoms with Crippen molar-refractivity contribution in [1.82, 2.24) is 9.55 Å². The van der Waals surface area contributed by atoms with Crippen LogP contribution in [0.1, 0.15) is 58.1 Å². The SMILES string of the molecule is CCC(C)(C)c1ccc(OCC2Cn3cc(C(C)C)c(=O)nc3O2)cc1. The lowest BCUT2D eigenvalue weighted by atomic mass is 9.82. The fraction of sp³-hybridized carbons (Fsp3) is 0.524. The van der Waals surface area contributed by atoms with Crippen LogP contribution in [0.3, 0.4) is 0 Å². The fourth-order valence-corrected chi connectivity index (χ4v) is 3.00. The maximum atomic E-state index is 12.0. The Kier molecular flexibility index (Phi) is 5.08. The first kappa shape index (κ1) is 18.5. The first-order chi connectivity index (χ1) is 12.3. The minimum atomic E-state index is -0.207. The smallest absolute Gasteiger partial charge is 0.300 e. The molecule has 2 aromatic rings. The van der Waals surface area contributed by atoms with Gasteiger partial charge in [-0.2, -0.15) is 4.98 Å². The van der Waals surface area contributed by atoms with E-state index in [4.69, 9.17) is 9.47 Å². The molecule has 0 N–H and O–H groups in total. The summed E-state index contributed by atoms with van der Waals surface area (Å²) < 4.78 is 13.6. The van der Waals surface area contributed by atoms with Crippen molar-refractivity contribution in [3.8, 4) is 11.8 Å². The van der Waals surface area contributed by atoms with Gasteiger partial charge in [0.1, 0.15) is 12.4 Å². The Morgan fingerprint density at radius 1 is 1.31 bits per heavy atom. The van der Waals surface area contributed by atoms with Crippen molar-refractivity contribution in [3.63, 3.8) is 0 Å². The van der Waals surface area contributed by atoms with Gasteiger partial charge in [-0.05, 0) is 35.4 Å². The lowest BCUT2D eigenvalue weighted by molar-refractivity contribution is 0.143. The van der Waals surface area contributed by atoms with E-state index in [0.717, 1.165) is 12.2 Å². The molecule has 0 fully saturated rings. The molecule has 5 heteroatoms. The Morgan fingerprint density at radius 2 is 2.00 bits per heavy atom. The molecule has 0 radical (unpaired) electrons. The van der Waals surface area contributed by atoms with Crippen molar-refractivity contribution in [1.29, 1.82) is 0 Å². The highest BCUT2D eigenvalue weighted by molar-refractivity contribution is 5.31. The lowest BCUT2D eigenvalue weighted by Gasteiger charge is -2.23. The molecule has 1 aliphatic heterocycles. The molecular weight excluding hydrogens is 328 g/mol. The summed E-state index contributed by atoms with van der Waals surface area (Å²) in [5, 5.41) is 0. The zero-order valence-corrected chi connectivity index (χ0v) is 16.3. The van der Waals surface area contributed by atoms with Crippen LogP contribution < -0.4 is 15.0 Å². The third-order valence-electron chi connectivity index (χ3n) is 5.23. The first-order valence-electron chi connectivity index (χ1n) is 9.31. The van der Waals surface area contributed by atoms with E-state index in [1.54, 1.807) is 0 Å². The molecule has 1 unspecified atom stereocenters. The van der Waals surface area contributed by atoms with Crippen LogP contribution in [-0.2, 0) is 12.0 Å². The average molecular weight is 356 g/mol. The van der Waals surface area contributed by atoms with Crippen molar-refractivity contribution in [2.45, 2.75) is 65.0 Å². The number of benzene rings is 1. The van der Waals surface area contributed by atoms with Gasteiger partial charge in [0, 0.05) is 11.8 Å². The van der Waals surface area contributed by atoms with Crippen molar-refractivity contribution in [2.75, 3.05) is 6.61 Å². The highest BCUT2D eigenvalue weighted by Crippen LogP contribution is 2.28. The van der Waals surface area contributed by atoms with E-state index in [0.29, 0.717) is 24.7 Å². The van der Waals surface area contributed by atoms with Crippen molar-refractivity contribution >= 4 is 0 Å². The van der Waals surface area contributed by atoms with Crippen molar-refractivity contribution in [2.24, 2.45) is 0 Å².